The van der Waals surface area contributed by atoms with E-state index in [1.54, 1.807) is 30.3 Å². The number of phenolic OH excluding ortho intramolecular Hbond substituents is 1. The van der Waals surface area contributed by atoms with Crippen LogP contribution in [0, 0.1) is 0 Å². The van der Waals surface area contributed by atoms with Crippen molar-refractivity contribution in [2.75, 3.05) is 5.32 Å². The molecule has 0 fully saturated rings. The van der Waals surface area contributed by atoms with E-state index in [-0.39, 0.29) is 29.7 Å². The molecule has 0 atom stereocenters. The van der Waals surface area contributed by atoms with Gasteiger partial charge in [-0.2, -0.15) is 0 Å². The Kier molecular flexibility index (Phi) is 5.16. The van der Waals surface area contributed by atoms with Crippen molar-refractivity contribution in [3.63, 3.8) is 0 Å². The summed E-state index contributed by atoms with van der Waals surface area (Å²) >= 11 is 3.26. The fourth-order valence-corrected chi connectivity index (χ4v) is 2.29. The third-order valence-electron chi connectivity index (χ3n) is 2.90. The molecule has 0 aromatic heterocycles. The van der Waals surface area contributed by atoms with Gasteiger partial charge in [0.05, 0.1) is 5.56 Å². The van der Waals surface area contributed by atoms with E-state index in [2.05, 4.69) is 26.6 Å². The smallest absolute Gasteiger partial charge is 0.255 e. The van der Waals surface area contributed by atoms with Crippen LogP contribution in [0.15, 0.2) is 46.9 Å². The summed E-state index contributed by atoms with van der Waals surface area (Å²) in [5.74, 6) is -0.600. The summed E-state index contributed by atoms with van der Waals surface area (Å²) in [6.45, 7) is 1.72. The minimum Gasteiger partial charge on any atom is -0.507 e. The number of carbonyl (C=O) groups excluding carboxylic acids is 2. The Labute approximate surface area is 136 Å². The number of rotatable bonds is 4. The normalized spacial score (nSPS) is 10.1. The molecule has 6 heteroatoms. The van der Waals surface area contributed by atoms with Crippen LogP contribution in [0.3, 0.4) is 0 Å². The Morgan fingerprint density at radius 2 is 1.95 bits per heavy atom. The van der Waals surface area contributed by atoms with Crippen molar-refractivity contribution in [1.82, 2.24) is 5.32 Å². The summed E-state index contributed by atoms with van der Waals surface area (Å²) in [5, 5.41) is 15.1. The Hall–Kier alpha value is -2.34. The van der Waals surface area contributed by atoms with Crippen LogP contribution in [0.1, 0.15) is 22.8 Å². The van der Waals surface area contributed by atoms with Crippen LogP contribution in [-0.4, -0.2) is 16.9 Å². The van der Waals surface area contributed by atoms with E-state index in [0.717, 1.165) is 5.56 Å². The van der Waals surface area contributed by atoms with E-state index in [1.807, 2.05) is 6.07 Å². The first-order valence-electron chi connectivity index (χ1n) is 6.59. The second-order valence-corrected chi connectivity index (χ2v) is 5.64. The van der Waals surface area contributed by atoms with E-state index < -0.39 is 0 Å². The highest BCUT2D eigenvalue weighted by Gasteiger charge is 2.11. The standard InChI is InChI=1S/C16H15BrN2O3/c1-10(20)19-13-4-2-3-11(7-13)9-18-16(22)14-8-12(17)5-6-15(14)21/h2-8,21H,9H2,1H3,(H,18,22)(H,19,20). The molecule has 0 spiro atoms. The van der Waals surface area contributed by atoms with Gasteiger partial charge in [0.25, 0.3) is 5.91 Å². The van der Waals surface area contributed by atoms with Gasteiger partial charge in [-0.25, -0.2) is 0 Å². The van der Waals surface area contributed by atoms with Crippen molar-refractivity contribution in [3.8, 4) is 5.75 Å². The lowest BCUT2D eigenvalue weighted by molar-refractivity contribution is -0.114. The summed E-state index contributed by atoms with van der Waals surface area (Å²) in [4.78, 5) is 23.1. The topological polar surface area (TPSA) is 78.4 Å². The largest absolute Gasteiger partial charge is 0.507 e. The van der Waals surface area contributed by atoms with E-state index in [4.69, 9.17) is 0 Å². The summed E-state index contributed by atoms with van der Waals surface area (Å²) in [6.07, 6.45) is 0. The molecule has 0 saturated carbocycles. The van der Waals surface area contributed by atoms with Gasteiger partial charge in [-0.15, -0.1) is 0 Å². The quantitative estimate of drug-likeness (QED) is 0.781. The first kappa shape index (κ1) is 16.0. The molecule has 0 saturated heterocycles. The molecule has 2 amide bonds. The summed E-state index contributed by atoms with van der Waals surface area (Å²) in [7, 11) is 0. The average molecular weight is 363 g/mol. The minimum absolute atomic E-state index is 0.0762. The average Bonchev–Trinajstić information content (AvgIpc) is 2.47. The van der Waals surface area contributed by atoms with Crippen LogP contribution >= 0.6 is 15.9 Å². The second-order valence-electron chi connectivity index (χ2n) is 4.73. The van der Waals surface area contributed by atoms with E-state index in [0.29, 0.717) is 10.2 Å². The number of hydrogen-bond donors (Lipinski definition) is 3. The maximum atomic E-state index is 12.1. The van der Waals surface area contributed by atoms with Gasteiger partial charge in [-0.3, -0.25) is 9.59 Å². The summed E-state index contributed by atoms with van der Waals surface area (Å²) < 4.78 is 0.711. The maximum absolute atomic E-state index is 12.1. The highest BCUT2D eigenvalue weighted by molar-refractivity contribution is 9.10. The highest BCUT2D eigenvalue weighted by atomic mass is 79.9. The Morgan fingerprint density at radius 3 is 2.68 bits per heavy atom. The monoisotopic (exact) mass is 362 g/mol. The van der Waals surface area contributed by atoms with Crippen molar-refractivity contribution >= 4 is 33.4 Å². The fourth-order valence-electron chi connectivity index (χ4n) is 1.93. The summed E-state index contributed by atoms with van der Waals surface area (Å²) in [6, 6.07) is 11.9. The molecule has 0 unspecified atom stereocenters. The minimum atomic E-state index is -0.372. The lowest BCUT2D eigenvalue weighted by Gasteiger charge is -2.09. The lowest BCUT2D eigenvalue weighted by atomic mass is 10.1. The van der Waals surface area contributed by atoms with Crippen LogP contribution in [-0.2, 0) is 11.3 Å². The Balaban J connectivity index is 2.05. The molecule has 3 N–H and O–H groups in total. The number of amides is 2. The molecule has 2 rings (SSSR count). The highest BCUT2D eigenvalue weighted by Crippen LogP contribution is 2.21. The molecule has 0 heterocycles. The van der Waals surface area contributed by atoms with Crippen LogP contribution in [0.4, 0.5) is 5.69 Å². The maximum Gasteiger partial charge on any atom is 0.255 e. The number of benzene rings is 2. The van der Waals surface area contributed by atoms with Crippen LogP contribution in [0.5, 0.6) is 5.75 Å². The molecular weight excluding hydrogens is 348 g/mol. The first-order valence-corrected chi connectivity index (χ1v) is 7.38. The number of aromatic hydroxyl groups is 1. The third kappa shape index (κ3) is 4.33. The fraction of sp³-hybridized carbons (Fsp3) is 0.125. The predicted octanol–water partition coefficient (Wildman–Crippen LogP) is 3.04. The Bertz CT molecular complexity index is 716. The number of hydrogen-bond acceptors (Lipinski definition) is 3. The van der Waals surface area contributed by atoms with Gasteiger partial charge < -0.3 is 15.7 Å². The number of anilines is 1. The predicted molar refractivity (Wildman–Crippen MR) is 87.7 cm³/mol. The van der Waals surface area contributed by atoms with Crippen molar-refractivity contribution in [3.05, 3.63) is 58.1 Å². The van der Waals surface area contributed by atoms with E-state index in [9.17, 15) is 14.7 Å². The zero-order valence-corrected chi connectivity index (χ0v) is 13.5. The van der Waals surface area contributed by atoms with Crippen LogP contribution in [0.25, 0.3) is 0 Å². The van der Waals surface area contributed by atoms with Gasteiger partial charge in [-0.1, -0.05) is 28.1 Å². The molecule has 0 aliphatic heterocycles. The van der Waals surface area contributed by atoms with E-state index in [1.165, 1.54) is 13.0 Å². The van der Waals surface area contributed by atoms with Gasteiger partial charge in [0.15, 0.2) is 0 Å². The van der Waals surface area contributed by atoms with Gasteiger partial charge in [0, 0.05) is 23.6 Å². The molecule has 2 aromatic carbocycles. The molecule has 22 heavy (non-hydrogen) atoms. The van der Waals surface area contributed by atoms with Gasteiger partial charge in [0.2, 0.25) is 5.91 Å². The molecule has 0 aliphatic carbocycles. The lowest BCUT2D eigenvalue weighted by Crippen LogP contribution is -2.23. The molecule has 0 aliphatic rings. The molecule has 5 nitrogen and oxygen atoms in total. The van der Waals surface area contributed by atoms with Gasteiger partial charge in [-0.05, 0) is 35.9 Å². The number of phenols is 1. The van der Waals surface area contributed by atoms with Crippen molar-refractivity contribution < 1.29 is 14.7 Å². The Morgan fingerprint density at radius 1 is 1.18 bits per heavy atom. The third-order valence-corrected chi connectivity index (χ3v) is 3.40. The molecule has 0 bridgehead atoms. The molecular formula is C16H15BrN2O3. The van der Waals surface area contributed by atoms with Gasteiger partial charge >= 0.3 is 0 Å². The number of halogens is 1. The zero-order chi connectivity index (χ0) is 16.1. The SMILES string of the molecule is CC(=O)Nc1cccc(CNC(=O)c2cc(Br)ccc2O)c1. The van der Waals surface area contributed by atoms with Crippen molar-refractivity contribution in [1.29, 1.82) is 0 Å². The van der Waals surface area contributed by atoms with Crippen LogP contribution < -0.4 is 10.6 Å². The second kappa shape index (κ2) is 7.09. The first-order chi connectivity index (χ1) is 10.5. The van der Waals surface area contributed by atoms with Crippen molar-refractivity contribution in [2.24, 2.45) is 0 Å². The summed E-state index contributed by atoms with van der Waals surface area (Å²) in [5.41, 5.74) is 1.71. The van der Waals surface area contributed by atoms with Crippen molar-refractivity contribution in [2.45, 2.75) is 13.5 Å². The van der Waals surface area contributed by atoms with Crippen LogP contribution in [0.2, 0.25) is 0 Å². The van der Waals surface area contributed by atoms with Gasteiger partial charge in [0.1, 0.15) is 5.75 Å². The molecule has 0 radical (unpaired) electrons. The van der Waals surface area contributed by atoms with E-state index >= 15 is 0 Å². The number of nitrogens with one attached hydrogen (secondary N) is 2. The molecule has 114 valence electrons. The zero-order valence-electron chi connectivity index (χ0n) is 11.9. The molecule has 2 aromatic rings. The number of carbonyl (C=O) groups is 2.